The van der Waals surface area contributed by atoms with Crippen LogP contribution in [0.5, 0.6) is 11.5 Å². The van der Waals surface area contributed by atoms with Crippen molar-refractivity contribution in [2.24, 2.45) is 0 Å². The largest absolute Gasteiger partial charge is 0.504 e. The number of likely N-dealkylation sites (N-methyl/N-ethyl adjacent to an activating group) is 1. The van der Waals surface area contributed by atoms with Gasteiger partial charge in [0.15, 0.2) is 11.5 Å². The standard InChI is InChI=1S/C20H26N2O3/c1-3-9-22-10-8-19-16-12-4-5-14(23)17(16)25-18(19)13(21-2)6-7-20(19,24)15(22)11-12/h3-5,13,15,18,21,23-24H,1,6-11H2,2H3/t13-,15+,18-,19-,20+/m0/s1. The van der Waals surface area contributed by atoms with E-state index in [1.165, 1.54) is 5.56 Å². The Balaban J connectivity index is 1.76. The normalized spacial score (nSPS) is 41.1. The summed E-state index contributed by atoms with van der Waals surface area (Å²) in [5, 5.41) is 25.9. The molecule has 134 valence electrons. The summed E-state index contributed by atoms with van der Waals surface area (Å²) in [5.74, 6) is 0.811. The average molecular weight is 342 g/mol. The minimum absolute atomic E-state index is 0.0751. The predicted molar refractivity (Wildman–Crippen MR) is 95.1 cm³/mol. The SMILES string of the molecule is C=CCN1CC[C@]23c4c5ccc(O)c4O[C@H]2[C@@H](NC)CC[C@@]3(O)[C@H]1C5. The van der Waals surface area contributed by atoms with Crippen molar-refractivity contribution in [2.75, 3.05) is 20.1 Å². The fourth-order valence-electron chi connectivity index (χ4n) is 6.31. The highest BCUT2D eigenvalue weighted by Gasteiger charge is 2.72. The molecule has 4 aliphatic rings. The summed E-state index contributed by atoms with van der Waals surface area (Å²) in [4.78, 5) is 2.38. The highest BCUT2D eigenvalue weighted by Crippen LogP contribution is 2.65. The van der Waals surface area contributed by atoms with Crippen LogP contribution in [0.3, 0.4) is 0 Å². The lowest BCUT2D eigenvalue weighted by atomic mass is 9.48. The van der Waals surface area contributed by atoms with E-state index in [4.69, 9.17) is 4.74 Å². The zero-order chi connectivity index (χ0) is 17.4. The van der Waals surface area contributed by atoms with Gasteiger partial charge in [-0.3, -0.25) is 4.90 Å². The van der Waals surface area contributed by atoms with Crippen LogP contribution in [0.2, 0.25) is 0 Å². The highest BCUT2D eigenvalue weighted by atomic mass is 16.5. The number of piperidine rings is 1. The van der Waals surface area contributed by atoms with Crippen LogP contribution in [-0.4, -0.2) is 59.0 Å². The van der Waals surface area contributed by atoms with Gasteiger partial charge in [-0.1, -0.05) is 12.1 Å². The number of phenols is 1. The Morgan fingerprint density at radius 3 is 3.04 bits per heavy atom. The van der Waals surface area contributed by atoms with Crippen molar-refractivity contribution in [2.45, 2.75) is 54.9 Å². The Labute approximate surface area is 148 Å². The van der Waals surface area contributed by atoms with E-state index in [2.05, 4.69) is 16.8 Å². The molecule has 0 radical (unpaired) electrons. The second kappa shape index (κ2) is 5.00. The number of aromatic hydroxyl groups is 1. The van der Waals surface area contributed by atoms with Crippen molar-refractivity contribution in [3.8, 4) is 11.5 Å². The van der Waals surface area contributed by atoms with Crippen molar-refractivity contribution in [1.29, 1.82) is 0 Å². The van der Waals surface area contributed by atoms with Crippen molar-refractivity contribution in [1.82, 2.24) is 10.2 Å². The molecule has 1 saturated heterocycles. The molecule has 2 aliphatic heterocycles. The van der Waals surface area contributed by atoms with Crippen LogP contribution in [0.25, 0.3) is 0 Å². The molecular weight excluding hydrogens is 316 g/mol. The third-order valence-electron chi connectivity index (χ3n) is 7.31. The van der Waals surface area contributed by atoms with Crippen molar-refractivity contribution in [3.05, 3.63) is 35.9 Å². The molecule has 1 aromatic rings. The van der Waals surface area contributed by atoms with Gasteiger partial charge in [-0.15, -0.1) is 6.58 Å². The van der Waals surface area contributed by atoms with Crippen LogP contribution in [-0.2, 0) is 11.8 Å². The van der Waals surface area contributed by atoms with Crippen LogP contribution in [0, 0.1) is 0 Å². The molecule has 0 amide bonds. The molecule has 1 saturated carbocycles. The van der Waals surface area contributed by atoms with Gasteiger partial charge in [0, 0.05) is 24.2 Å². The molecule has 5 rings (SSSR count). The molecule has 1 spiro atoms. The monoisotopic (exact) mass is 342 g/mol. The first-order valence-electron chi connectivity index (χ1n) is 9.33. The summed E-state index contributed by atoms with van der Waals surface area (Å²) < 4.78 is 6.36. The Hall–Kier alpha value is -1.56. The molecule has 0 aromatic heterocycles. The van der Waals surface area contributed by atoms with Crippen LogP contribution >= 0.6 is 0 Å². The number of phenolic OH excluding ortho intramolecular Hbond substituents is 1. The third-order valence-corrected chi connectivity index (χ3v) is 7.31. The molecular formula is C20H26N2O3. The average Bonchev–Trinajstić information content (AvgIpc) is 2.95. The topological polar surface area (TPSA) is 65.0 Å². The molecule has 2 bridgehead atoms. The summed E-state index contributed by atoms with van der Waals surface area (Å²) in [6.45, 7) is 5.62. The maximum atomic E-state index is 12.0. The Kier molecular flexibility index (Phi) is 3.13. The van der Waals surface area contributed by atoms with E-state index in [9.17, 15) is 10.2 Å². The van der Waals surface area contributed by atoms with E-state index < -0.39 is 11.0 Å². The van der Waals surface area contributed by atoms with Crippen molar-refractivity contribution in [3.63, 3.8) is 0 Å². The number of hydrogen-bond donors (Lipinski definition) is 3. The summed E-state index contributed by atoms with van der Waals surface area (Å²) in [6, 6.07) is 4.03. The summed E-state index contributed by atoms with van der Waals surface area (Å²) >= 11 is 0. The molecule has 5 atom stereocenters. The Bertz CT molecular complexity index is 751. The number of aliphatic hydroxyl groups is 1. The van der Waals surface area contributed by atoms with E-state index in [1.807, 2.05) is 19.2 Å². The maximum absolute atomic E-state index is 12.0. The quantitative estimate of drug-likeness (QED) is 0.723. The fraction of sp³-hybridized carbons (Fsp3) is 0.600. The lowest BCUT2D eigenvalue weighted by Crippen LogP contribution is -2.77. The number of ether oxygens (including phenoxy) is 1. The van der Waals surface area contributed by atoms with Crippen LogP contribution < -0.4 is 10.1 Å². The van der Waals surface area contributed by atoms with Gasteiger partial charge in [-0.25, -0.2) is 0 Å². The first kappa shape index (κ1) is 15.7. The number of hydrogen-bond acceptors (Lipinski definition) is 5. The van der Waals surface area contributed by atoms with Gasteiger partial charge in [-0.2, -0.15) is 0 Å². The molecule has 3 N–H and O–H groups in total. The minimum Gasteiger partial charge on any atom is -0.504 e. The zero-order valence-electron chi connectivity index (χ0n) is 14.7. The van der Waals surface area contributed by atoms with E-state index in [-0.39, 0.29) is 23.9 Å². The number of rotatable bonds is 3. The predicted octanol–water partition coefficient (Wildman–Crippen LogP) is 1.32. The van der Waals surface area contributed by atoms with Gasteiger partial charge in [0.2, 0.25) is 0 Å². The molecule has 25 heavy (non-hydrogen) atoms. The first-order chi connectivity index (χ1) is 12.1. The smallest absolute Gasteiger partial charge is 0.165 e. The van der Waals surface area contributed by atoms with Gasteiger partial charge in [0.25, 0.3) is 0 Å². The molecule has 2 heterocycles. The van der Waals surface area contributed by atoms with Crippen molar-refractivity contribution < 1.29 is 14.9 Å². The number of likely N-dealkylation sites (tertiary alicyclic amines) is 1. The second-order valence-corrected chi connectivity index (χ2v) is 8.07. The van der Waals surface area contributed by atoms with Gasteiger partial charge in [0.05, 0.1) is 11.0 Å². The number of nitrogens with one attached hydrogen (secondary N) is 1. The Morgan fingerprint density at radius 1 is 1.44 bits per heavy atom. The Morgan fingerprint density at radius 2 is 2.28 bits per heavy atom. The summed E-state index contributed by atoms with van der Waals surface area (Å²) in [5.41, 5.74) is 1.05. The molecule has 2 aliphatic carbocycles. The number of benzene rings is 1. The maximum Gasteiger partial charge on any atom is 0.165 e. The summed E-state index contributed by atoms with van der Waals surface area (Å²) in [6.07, 6.45) is 5.08. The lowest BCUT2D eigenvalue weighted by Gasteiger charge is -2.64. The molecule has 0 unspecified atom stereocenters. The van der Waals surface area contributed by atoms with E-state index >= 15 is 0 Å². The second-order valence-electron chi connectivity index (χ2n) is 8.07. The number of nitrogens with zero attached hydrogens (tertiary/aromatic N) is 1. The van der Waals surface area contributed by atoms with Crippen LogP contribution in [0.1, 0.15) is 30.4 Å². The lowest BCUT2D eigenvalue weighted by molar-refractivity contribution is -0.189. The van der Waals surface area contributed by atoms with E-state index in [0.717, 1.165) is 44.3 Å². The van der Waals surface area contributed by atoms with Gasteiger partial charge >= 0.3 is 0 Å². The van der Waals surface area contributed by atoms with E-state index in [0.29, 0.717) is 5.75 Å². The zero-order valence-corrected chi connectivity index (χ0v) is 14.7. The van der Waals surface area contributed by atoms with Crippen LogP contribution in [0.15, 0.2) is 24.8 Å². The first-order valence-corrected chi connectivity index (χ1v) is 9.33. The van der Waals surface area contributed by atoms with E-state index in [1.54, 1.807) is 6.07 Å². The third kappa shape index (κ3) is 1.65. The summed E-state index contributed by atoms with van der Waals surface area (Å²) in [7, 11) is 1.96. The fourth-order valence-corrected chi connectivity index (χ4v) is 6.31. The highest BCUT2D eigenvalue weighted by molar-refractivity contribution is 5.62. The van der Waals surface area contributed by atoms with Gasteiger partial charge in [0.1, 0.15) is 6.10 Å². The molecule has 5 heteroatoms. The molecule has 5 nitrogen and oxygen atoms in total. The minimum atomic E-state index is -0.821. The molecule has 1 aromatic carbocycles. The van der Waals surface area contributed by atoms with Crippen molar-refractivity contribution >= 4 is 0 Å². The van der Waals surface area contributed by atoms with Gasteiger partial charge < -0.3 is 20.3 Å². The van der Waals surface area contributed by atoms with Crippen LogP contribution in [0.4, 0.5) is 0 Å². The molecule has 2 fully saturated rings. The van der Waals surface area contributed by atoms with Gasteiger partial charge in [-0.05, 0) is 50.9 Å².